The molecule has 1 heteroatoms. The van der Waals surface area contributed by atoms with E-state index in [1.165, 1.54) is 30.4 Å². The van der Waals surface area contributed by atoms with Gasteiger partial charge in [-0.05, 0) is 49.8 Å². The first-order chi connectivity index (χ1) is 8.33. The Labute approximate surface area is 103 Å². The minimum Gasteiger partial charge on any atom is -0.261 e. The van der Waals surface area contributed by atoms with E-state index in [-0.39, 0.29) is 0 Å². The first-order valence-electron chi connectivity index (χ1n) is 6.51. The Morgan fingerprint density at radius 2 is 2.24 bits per heavy atom. The van der Waals surface area contributed by atoms with Gasteiger partial charge in [-0.2, -0.15) is 0 Å². The molecule has 86 valence electrons. The zero-order valence-corrected chi connectivity index (χ0v) is 10.3. The Bertz CT molecular complexity index is 524. The monoisotopic (exact) mass is 223 g/mol. The normalized spacial score (nSPS) is 19.1. The summed E-state index contributed by atoms with van der Waals surface area (Å²) in [6, 6.07) is 6.29. The quantitative estimate of drug-likeness (QED) is 0.641. The van der Waals surface area contributed by atoms with Crippen molar-refractivity contribution in [3.05, 3.63) is 29.3 Å². The summed E-state index contributed by atoms with van der Waals surface area (Å²) in [4.78, 5) is 4.44. The Morgan fingerprint density at radius 1 is 1.35 bits per heavy atom. The van der Waals surface area contributed by atoms with Crippen LogP contribution in [0.3, 0.4) is 0 Å². The van der Waals surface area contributed by atoms with E-state index < -0.39 is 0 Å². The Hall–Kier alpha value is -1.55. The van der Waals surface area contributed by atoms with Gasteiger partial charge in [-0.15, -0.1) is 0 Å². The van der Waals surface area contributed by atoms with Crippen molar-refractivity contribution in [3.8, 4) is 11.8 Å². The summed E-state index contributed by atoms with van der Waals surface area (Å²) in [7, 11) is 0. The van der Waals surface area contributed by atoms with Crippen LogP contribution in [-0.2, 0) is 6.42 Å². The van der Waals surface area contributed by atoms with Crippen LogP contribution >= 0.6 is 0 Å². The smallest absolute Gasteiger partial charge is 0.0670 e. The number of benzene rings is 1. The lowest BCUT2D eigenvalue weighted by atomic mass is 9.98. The predicted octanol–water partition coefficient (Wildman–Crippen LogP) is 3.88. The molecule has 3 rings (SSSR count). The highest BCUT2D eigenvalue weighted by Gasteiger charge is 2.38. The van der Waals surface area contributed by atoms with E-state index in [1.807, 2.05) is 6.21 Å². The van der Waals surface area contributed by atoms with E-state index in [4.69, 9.17) is 0 Å². The molecule has 1 nitrogen and oxygen atoms in total. The summed E-state index contributed by atoms with van der Waals surface area (Å²) < 4.78 is 0. The highest BCUT2D eigenvalue weighted by atomic mass is 14.7. The van der Waals surface area contributed by atoms with E-state index in [2.05, 4.69) is 42.0 Å². The maximum Gasteiger partial charge on any atom is 0.0670 e. The standard InChI is InChI=1S/C16H17N/c1-2-16(10-11-16)9-8-13-5-3-7-15-14(13)6-4-12-17-15/h3,5,7,12H,2,4,6,10-11H2,1H3. The molecule has 0 amide bonds. The highest BCUT2D eigenvalue weighted by molar-refractivity contribution is 5.71. The SMILES string of the molecule is CCC1(C#Cc2cccc3c2CCC=N3)CC1. The topological polar surface area (TPSA) is 12.4 Å². The molecule has 0 saturated heterocycles. The zero-order valence-electron chi connectivity index (χ0n) is 10.3. The molecule has 0 bridgehead atoms. The summed E-state index contributed by atoms with van der Waals surface area (Å²) >= 11 is 0. The van der Waals surface area contributed by atoms with Crippen LogP contribution in [0.5, 0.6) is 0 Å². The van der Waals surface area contributed by atoms with E-state index in [1.54, 1.807) is 0 Å². The van der Waals surface area contributed by atoms with Gasteiger partial charge in [-0.25, -0.2) is 0 Å². The lowest BCUT2D eigenvalue weighted by molar-refractivity contribution is 0.651. The minimum atomic E-state index is 0.348. The van der Waals surface area contributed by atoms with Crippen molar-refractivity contribution in [2.75, 3.05) is 0 Å². The van der Waals surface area contributed by atoms with Gasteiger partial charge in [0.1, 0.15) is 0 Å². The average Bonchev–Trinajstić information content (AvgIpc) is 3.17. The van der Waals surface area contributed by atoms with Crippen LogP contribution in [0.4, 0.5) is 5.69 Å². The van der Waals surface area contributed by atoms with Crippen LogP contribution in [0.1, 0.15) is 43.7 Å². The second kappa shape index (κ2) is 4.04. The third kappa shape index (κ3) is 2.00. The third-order valence-corrected chi connectivity index (χ3v) is 3.90. The van der Waals surface area contributed by atoms with Gasteiger partial charge in [0.15, 0.2) is 0 Å². The first-order valence-corrected chi connectivity index (χ1v) is 6.51. The van der Waals surface area contributed by atoms with Gasteiger partial charge < -0.3 is 0 Å². The number of fused-ring (bicyclic) bond motifs is 1. The Kier molecular flexibility index (Phi) is 2.52. The van der Waals surface area contributed by atoms with E-state index >= 15 is 0 Å². The predicted molar refractivity (Wildman–Crippen MR) is 71.8 cm³/mol. The average molecular weight is 223 g/mol. The van der Waals surface area contributed by atoms with Crippen LogP contribution in [0, 0.1) is 17.3 Å². The molecule has 1 saturated carbocycles. The molecular weight excluding hydrogens is 206 g/mol. The molecule has 1 aromatic carbocycles. The summed E-state index contributed by atoms with van der Waals surface area (Å²) in [5.74, 6) is 6.89. The molecule has 1 fully saturated rings. The second-order valence-electron chi connectivity index (χ2n) is 5.04. The number of hydrogen-bond donors (Lipinski definition) is 0. The van der Waals surface area contributed by atoms with Gasteiger partial charge in [0.25, 0.3) is 0 Å². The maximum atomic E-state index is 4.44. The molecule has 0 radical (unpaired) electrons. The van der Waals surface area contributed by atoms with E-state index in [0.717, 1.165) is 18.5 Å². The molecule has 1 aliphatic heterocycles. The molecule has 1 aliphatic carbocycles. The van der Waals surface area contributed by atoms with E-state index in [0.29, 0.717) is 5.41 Å². The second-order valence-corrected chi connectivity index (χ2v) is 5.04. The molecule has 0 spiro atoms. The molecule has 0 atom stereocenters. The van der Waals surface area contributed by atoms with Gasteiger partial charge in [-0.1, -0.05) is 24.8 Å². The van der Waals surface area contributed by atoms with Crippen molar-refractivity contribution < 1.29 is 0 Å². The molecule has 0 aromatic heterocycles. The number of hydrogen-bond acceptors (Lipinski definition) is 1. The summed E-state index contributed by atoms with van der Waals surface area (Å²) in [5.41, 5.74) is 4.00. The lowest BCUT2D eigenvalue weighted by Crippen LogP contribution is -1.98. The van der Waals surface area contributed by atoms with Crippen molar-refractivity contribution in [3.63, 3.8) is 0 Å². The molecule has 17 heavy (non-hydrogen) atoms. The number of rotatable bonds is 1. The number of nitrogens with zero attached hydrogens (tertiary/aromatic N) is 1. The molecule has 1 aromatic rings. The molecular formula is C16H17N. The lowest BCUT2D eigenvalue weighted by Gasteiger charge is -2.11. The largest absolute Gasteiger partial charge is 0.261 e. The summed E-state index contributed by atoms with van der Waals surface area (Å²) in [6.07, 6.45) is 7.89. The van der Waals surface area contributed by atoms with Crippen LogP contribution in [0.15, 0.2) is 23.2 Å². The van der Waals surface area contributed by atoms with Crippen molar-refractivity contribution in [1.82, 2.24) is 0 Å². The van der Waals surface area contributed by atoms with Crippen LogP contribution in [0.25, 0.3) is 0 Å². The van der Waals surface area contributed by atoms with E-state index in [9.17, 15) is 0 Å². The first kappa shape index (κ1) is 10.6. The number of aliphatic imine (C=N–C) groups is 1. The fourth-order valence-electron chi connectivity index (χ4n) is 2.36. The van der Waals surface area contributed by atoms with Gasteiger partial charge >= 0.3 is 0 Å². The molecule has 0 unspecified atom stereocenters. The minimum absolute atomic E-state index is 0.348. The fraction of sp³-hybridized carbons (Fsp3) is 0.438. The van der Waals surface area contributed by atoms with Gasteiger partial charge in [0, 0.05) is 17.2 Å². The van der Waals surface area contributed by atoms with Crippen LogP contribution in [0.2, 0.25) is 0 Å². The van der Waals surface area contributed by atoms with Gasteiger partial charge in [0.05, 0.1) is 5.69 Å². The molecule has 0 N–H and O–H groups in total. The van der Waals surface area contributed by atoms with Crippen molar-refractivity contribution in [2.45, 2.75) is 39.0 Å². The fourth-order valence-corrected chi connectivity index (χ4v) is 2.36. The van der Waals surface area contributed by atoms with Gasteiger partial charge in [0.2, 0.25) is 0 Å². The van der Waals surface area contributed by atoms with Crippen molar-refractivity contribution >= 4 is 11.9 Å². The molecule has 2 aliphatic rings. The van der Waals surface area contributed by atoms with Crippen molar-refractivity contribution in [1.29, 1.82) is 0 Å². The Balaban J connectivity index is 1.96. The maximum absolute atomic E-state index is 4.44. The van der Waals surface area contributed by atoms with Crippen LogP contribution < -0.4 is 0 Å². The zero-order chi connectivity index (χ0) is 11.7. The van der Waals surface area contributed by atoms with Crippen LogP contribution in [-0.4, -0.2) is 6.21 Å². The van der Waals surface area contributed by atoms with Gasteiger partial charge in [-0.3, -0.25) is 4.99 Å². The Morgan fingerprint density at radius 3 is 3.00 bits per heavy atom. The van der Waals surface area contributed by atoms with Crippen molar-refractivity contribution in [2.24, 2.45) is 10.4 Å². The summed E-state index contributed by atoms with van der Waals surface area (Å²) in [6.45, 7) is 2.24. The molecule has 1 heterocycles. The highest BCUT2D eigenvalue weighted by Crippen LogP contribution is 2.48. The third-order valence-electron chi connectivity index (χ3n) is 3.90. The summed E-state index contributed by atoms with van der Waals surface area (Å²) in [5, 5.41) is 0.